The van der Waals surface area contributed by atoms with Gasteiger partial charge in [-0.05, 0) is 43.9 Å². The van der Waals surface area contributed by atoms with Crippen molar-refractivity contribution in [2.45, 2.75) is 6.54 Å². The van der Waals surface area contributed by atoms with E-state index in [2.05, 4.69) is 10.2 Å². The Morgan fingerprint density at radius 3 is 2.39 bits per heavy atom. The van der Waals surface area contributed by atoms with E-state index in [1.807, 2.05) is 38.4 Å². The van der Waals surface area contributed by atoms with Crippen LogP contribution in [0.15, 0.2) is 36.4 Å². The number of hydrogen-bond acceptors (Lipinski definition) is 3. The van der Waals surface area contributed by atoms with Crippen molar-refractivity contribution in [1.29, 1.82) is 0 Å². The van der Waals surface area contributed by atoms with Crippen LogP contribution in [0, 0.1) is 0 Å². The number of rotatable bonds is 5. The molecule has 0 atom stereocenters. The van der Waals surface area contributed by atoms with Crippen LogP contribution in [0.1, 0.15) is 15.9 Å². The SMILES string of the molecule is COc1c(Cl)cc(C(=O)Nc2cccc(CN(C)C)c2)cc1Cl. The molecule has 0 aliphatic carbocycles. The first kappa shape index (κ1) is 17.6. The molecule has 2 aromatic rings. The lowest BCUT2D eigenvalue weighted by atomic mass is 10.1. The predicted molar refractivity (Wildman–Crippen MR) is 94.8 cm³/mol. The van der Waals surface area contributed by atoms with Crippen LogP contribution in [-0.2, 0) is 6.54 Å². The van der Waals surface area contributed by atoms with Crippen LogP contribution in [0.3, 0.4) is 0 Å². The number of carbonyl (C=O) groups excluding carboxylic acids is 1. The molecule has 0 bridgehead atoms. The highest BCUT2D eigenvalue weighted by molar-refractivity contribution is 6.37. The number of hydrogen-bond donors (Lipinski definition) is 1. The van der Waals surface area contributed by atoms with Gasteiger partial charge in [0.25, 0.3) is 5.91 Å². The summed E-state index contributed by atoms with van der Waals surface area (Å²) in [6.07, 6.45) is 0. The number of halogens is 2. The number of methoxy groups -OCH3 is 1. The highest BCUT2D eigenvalue weighted by atomic mass is 35.5. The average molecular weight is 353 g/mol. The number of nitrogens with one attached hydrogen (secondary N) is 1. The Balaban J connectivity index is 2.19. The summed E-state index contributed by atoms with van der Waals surface area (Å²) in [5, 5.41) is 3.44. The monoisotopic (exact) mass is 352 g/mol. The molecule has 0 aliphatic rings. The van der Waals surface area contributed by atoms with Gasteiger partial charge in [0.15, 0.2) is 5.75 Å². The lowest BCUT2D eigenvalue weighted by Crippen LogP contribution is -2.13. The van der Waals surface area contributed by atoms with Gasteiger partial charge in [-0.15, -0.1) is 0 Å². The van der Waals surface area contributed by atoms with Gasteiger partial charge in [-0.25, -0.2) is 0 Å². The molecule has 2 rings (SSSR count). The molecular weight excluding hydrogens is 335 g/mol. The van der Waals surface area contributed by atoms with Crippen molar-refractivity contribution in [2.24, 2.45) is 0 Å². The van der Waals surface area contributed by atoms with Crippen molar-refractivity contribution in [3.05, 3.63) is 57.6 Å². The maximum absolute atomic E-state index is 12.4. The molecule has 1 amide bonds. The summed E-state index contributed by atoms with van der Waals surface area (Å²) < 4.78 is 5.08. The second kappa shape index (κ2) is 7.68. The molecule has 122 valence electrons. The van der Waals surface area contributed by atoms with Crippen LogP contribution in [0.25, 0.3) is 0 Å². The number of benzene rings is 2. The van der Waals surface area contributed by atoms with Crippen molar-refractivity contribution in [3.63, 3.8) is 0 Å². The molecule has 0 aliphatic heterocycles. The van der Waals surface area contributed by atoms with Crippen LogP contribution >= 0.6 is 23.2 Å². The van der Waals surface area contributed by atoms with E-state index in [1.165, 1.54) is 19.2 Å². The lowest BCUT2D eigenvalue weighted by Gasteiger charge is -2.12. The number of anilines is 1. The molecule has 4 nitrogen and oxygen atoms in total. The van der Waals surface area contributed by atoms with Gasteiger partial charge in [0.2, 0.25) is 0 Å². The Hall–Kier alpha value is -1.75. The van der Waals surface area contributed by atoms with Gasteiger partial charge in [0, 0.05) is 17.8 Å². The molecule has 23 heavy (non-hydrogen) atoms. The second-order valence-electron chi connectivity index (χ2n) is 5.37. The van der Waals surface area contributed by atoms with Crippen molar-refractivity contribution < 1.29 is 9.53 Å². The van der Waals surface area contributed by atoms with Crippen molar-refractivity contribution in [1.82, 2.24) is 4.90 Å². The Bertz CT molecular complexity index is 694. The van der Waals surface area contributed by atoms with E-state index in [1.54, 1.807) is 0 Å². The molecule has 6 heteroatoms. The summed E-state index contributed by atoms with van der Waals surface area (Å²) in [5.41, 5.74) is 2.20. The molecule has 0 saturated carbocycles. The fourth-order valence-electron chi connectivity index (χ4n) is 2.20. The molecule has 0 heterocycles. The molecule has 0 radical (unpaired) electrons. The number of ether oxygens (including phenoxy) is 1. The van der Waals surface area contributed by atoms with Crippen LogP contribution < -0.4 is 10.1 Å². The van der Waals surface area contributed by atoms with Gasteiger partial charge in [0.1, 0.15) is 0 Å². The topological polar surface area (TPSA) is 41.6 Å². The van der Waals surface area contributed by atoms with E-state index in [0.717, 1.165) is 17.8 Å². The standard InChI is InChI=1S/C17H18Cl2N2O2/c1-21(2)10-11-5-4-6-13(7-11)20-17(22)12-8-14(18)16(23-3)15(19)9-12/h4-9H,10H2,1-3H3,(H,20,22). The Morgan fingerprint density at radius 1 is 1.17 bits per heavy atom. The normalized spacial score (nSPS) is 10.7. The van der Waals surface area contributed by atoms with Crippen molar-refractivity contribution in [2.75, 3.05) is 26.5 Å². The summed E-state index contributed by atoms with van der Waals surface area (Å²) in [6, 6.07) is 10.8. The molecule has 0 aromatic heterocycles. The van der Waals surface area contributed by atoms with Crippen LogP contribution in [0.5, 0.6) is 5.75 Å². The van der Waals surface area contributed by atoms with Gasteiger partial charge >= 0.3 is 0 Å². The zero-order valence-corrected chi connectivity index (χ0v) is 14.7. The summed E-state index contributed by atoms with van der Waals surface area (Å²) in [4.78, 5) is 14.4. The smallest absolute Gasteiger partial charge is 0.255 e. The van der Waals surface area contributed by atoms with Gasteiger partial charge < -0.3 is 15.0 Å². The summed E-state index contributed by atoms with van der Waals surface area (Å²) in [7, 11) is 5.46. The number of nitrogens with zero attached hydrogens (tertiary/aromatic N) is 1. The largest absolute Gasteiger partial charge is 0.494 e. The fraction of sp³-hybridized carbons (Fsp3) is 0.235. The molecular formula is C17H18Cl2N2O2. The third kappa shape index (κ3) is 4.61. The van der Waals surface area contributed by atoms with Crippen molar-refractivity contribution in [3.8, 4) is 5.75 Å². The zero-order valence-electron chi connectivity index (χ0n) is 13.2. The third-order valence-corrected chi connectivity index (χ3v) is 3.71. The zero-order chi connectivity index (χ0) is 17.0. The van der Waals surface area contributed by atoms with E-state index in [4.69, 9.17) is 27.9 Å². The van der Waals surface area contributed by atoms with E-state index in [9.17, 15) is 4.79 Å². The summed E-state index contributed by atoms with van der Waals surface area (Å²) in [6.45, 7) is 0.796. The molecule has 0 fully saturated rings. The van der Waals surface area contributed by atoms with Crippen molar-refractivity contribution >= 4 is 34.8 Å². The minimum Gasteiger partial charge on any atom is -0.494 e. The molecule has 0 unspecified atom stereocenters. The van der Waals surface area contributed by atoms with E-state index in [0.29, 0.717) is 21.4 Å². The van der Waals surface area contributed by atoms with Gasteiger partial charge in [-0.2, -0.15) is 0 Å². The summed E-state index contributed by atoms with van der Waals surface area (Å²) >= 11 is 12.1. The maximum Gasteiger partial charge on any atom is 0.255 e. The fourth-order valence-corrected chi connectivity index (χ4v) is 2.84. The van der Waals surface area contributed by atoms with E-state index >= 15 is 0 Å². The maximum atomic E-state index is 12.4. The molecule has 2 aromatic carbocycles. The Morgan fingerprint density at radius 2 is 1.83 bits per heavy atom. The number of amides is 1. The Kier molecular flexibility index (Phi) is 5.88. The third-order valence-electron chi connectivity index (χ3n) is 3.15. The van der Waals surface area contributed by atoms with E-state index < -0.39 is 0 Å². The molecule has 0 spiro atoms. The van der Waals surface area contributed by atoms with Gasteiger partial charge in [-0.3, -0.25) is 4.79 Å². The van der Waals surface area contributed by atoms with Crippen LogP contribution in [-0.4, -0.2) is 32.0 Å². The average Bonchev–Trinajstić information content (AvgIpc) is 2.46. The second-order valence-corrected chi connectivity index (χ2v) is 6.18. The minimum absolute atomic E-state index is 0.279. The molecule has 1 N–H and O–H groups in total. The number of carbonyl (C=O) groups is 1. The minimum atomic E-state index is -0.279. The molecule has 0 saturated heterocycles. The van der Waals surface area contributed by atoms with E-state index in [-0.39, 0.29) is 5.91 Å². The van der Waals surface area contributed by atoms with Gasteiger partial charge in [-0.1, -0.05) is 35.3 Å². The first-order valence-electron chi connectivity index (χ1n) is 6.98. The lowest BCUT2D eigenvalue weighted by molar-refractivity contribution is 0.102. The van der Waals surface area contributed by atoms with Crippen LogP contribution in [0.4, 0.5) is 5.69 Å². The van der Waals surface area contributed by atoms with Gasteiger partial charge in [0.05, 0.1) is 17.2 Å². The summed E-state index contributed by atoms with van der Waals surface area (Å²) in [5.74, 6) is 0.0799. The highest BCUT2D eigenvalue weighted by Gasteiger charge is 2.14. The van der Waals surface area contributed by atoms with Crippen LogP contribution in [0.2, 0.25) is 10.0 Å². The highest BCUT2D eigenvalue weighted by Crippen LogP contribution is 2.34. The first-order chi connectivity index (χ1) is 10.9. The first-order valence-corrected chi connectivity index (χ1v) is 7.74. The Labute approximate surface area is 146 Å². The quantitative estimate of drug-likeness (QED) is 0.871. The predicted octanol–water partition coefficient (Wildman–Crippen LogP) is 4.32.